The van der Waals surface area contributed by atoms with Crippen molar-refractivity contribution in [3.63, 3.8) is 0 Å². The molecule has 108 valence electrons. The van der Waals surface area contributed by atoms with Gasteiger partial charge in [-0.25, -0.2) is 0 Å². The second-order valence-electron chi connectivity index (χ2n) is 6.02. The van der Waals surface area contributed by atoms with Crippen molar-refractivity contribution in [3.8, 4) is 0 Å². The third-order valence-electron chi connectivity index (χ3n) is 4.39. The van der Waals surface area contributed by atoms with Crippen LogP contribution in [0.4, 0.5) is 0 Å². The summed E-state index contributed by atoms with van der Waals surface area (Å²) in [5.74, 6) is 0.927. The van der Waals surface area contributed by atoms with E-state index < -0.39 is 0 Å². The van der Waals surface area contributed by atoms with Crippen LogP contribution in [0, 0.1) is 12.8 Å². The maximum Gasteiger partial charge on any atom is 0.0738 e. The van der Waals surface area contributed by atoms with E-state index >= 15 is 0 Å². The van der Waals surface area contributed by atoms with Crippen LogP contribution in [-0.2, 0) is 13.5 Å². The van der Waals surface area contributed by atoms with E-state index in [0.29, 0.717) is 0 Å². The second-order valence-corrected chi connectivity index (χ2v) is 6.81. The molecule has 0 spiro atoms. The van der Waals surface area contributed by atoms with Crippen molar-refractivity contribution in [2.45, 2.75) is 64.3 Å². The van der Waals surface area contributed by atoms with Gasteiger partial charge in [-0.05, 0) is 41.6 Å². The monoisotopic (exact) mass is 327 g/mol. The van der Waals surface area contributed by atoms with E-state index in [9.17, 15) is 0 Å². The smallest absolute Gasteiger partial charge is 0.0738 e. The van der Waals surface area contributed by atoms with Gasteiger partial charge in [-0.3, -0.25) is 4.68 Å². The maximum absolute atomic E-state index is 6.31. The number of halogens is 1. The molecule has 2 rings (SSSR count). The fraction of sp³-hybridized carbons (Fsp3) is 0.800. The van der Waals surface area contributed by atoms with Crippen molar-refractivity contribution in [3.05, 3.63) is 15.9 Å². The zero-order chi connectivity index (χ0) is 13.8. The number of aryl methyl sites for hydroxylation is 2. The zero-order valence-corrected chi connectivity index (χ0v) is 13.7. The van der Waals surface area contributed by atoms with Gasteiger partial charge in [0.2, 0.25) is 0 Å². The number of nitrogens with zero attached hydrogens (tertiary/aromatic N) is 2. The summed E-state index contributed by atoms with van der Waals surface area (Å²) in [5.41, 5.74) is 8.59. The van der Waals surface area contributed by atoms with E-state index in [4.69, 9.17) is 5.73 Å². The van der Waals surface area contributed by atoms with Crippen LogP contribution in [0.2, 0.25) is 0 Å². The fourth-order valence-electron chi connectivity index (χ4n) is 3.18. The van der Waals surface area contributed by atoms with E-state index in [2.05, 4.69) is 21.0 Å². The van der Waals surface area contributed by atoms with Crippen LogP contribution >= 0.6 is 15.9 Å². The van der Waals surface area contributed by atoms with Crippen molar-refractivity contribution in [1.29, 1.82) is 0 Å². The van der Waals surface area contributed by atoms with Gasteiger partial charge in [0, 0.05) is 19.5 Å². The topological polar surface area (TPSA) is 43.8 Å². The van der Waals surface area contributed by atoms with Gasteiger partial charge in [-0.1, -0.05) is 32.1 Å². The Morgan fingerprint density at radius 2 is 2.05 bits per heavy atom. The van der Waals surface area contributed by atoms with Gasteiger partial charge >= 0.3 is 0 Å². The summed E-state index contributed by atoms with van der Waals surface area (Å²) in [6.45, 7) is 2.03. The molecule has 0 aromatic carbocycles. The normalized spacial score (nSPS) is 18.7. The first-order valence-electron chi connectivity index (χ1n) is 7.51. The Balaban J connectivity index is 1.81. The molecule has 0 bridgehead atoms. The molecule has 1 unspecified atom stereocenters. The minimum atomic E-state index is 0.257. The van der Waals surface area contributed by atoms with E-state index in [1.807, 2.05) is 18.7 Å². The highest BCUT2D eigenvalue weighted by atomic mass is 79.9. The molecule has 4 heteroatoms. The average molecular weight is 328 g/mol. The molecule has 1 aromatic heterocycles. The maximum atomic E-state index is 6.31. The number of rotatable bonds is 5. The van der Waals surface area contributed by atoms with Crippen molar-refractivity contribution in [1.82, 2.24) is 9.78 Å². The van der Waals surface area contributed by atoms with Crippen molar-refractivity contribution in [2.75, 3.05) is 0 Å². The standard InChI is InChI=1S/C15H26BrN3/c1-11-15(16)14(19(2)18-11)10-13(17)9-8-12-6-4-3-5-7-12/h12-13H,3-10,17H2,1-2H3. The molecule has 1 aliphatic rings. The fourth-order valence-corrected chi connectivity index (χ4v) is 3.68. The molecule has 1 aliphatic carbocycles. The molecule has 1 saturated carbocycles. The second kappa shape index (κ2) is 6.89. The van der Waals surface area contributed by atoms with Gasteiger partial charge in [-0.2, -0.15) is 5.10 Å². The molecule has 19 heavy (non-hydrogen) atoms. The molecule has 0 saturated heterocycles. The SMILES string of the molecule is Cc1nn(C)c(CC(N)CCC2CCCCC2)c1Br. The quantitative estimate of drug-likeness (QED) is 0.895. The molecule has 3 nitrogen and oxygen atoms in total. The Hall–Kier alpha value is -0.350. The summed E-state index contributed by atoms with van der Waals surface area (Å²) in [6.07, 6.45) is 10.5. The first-order valence-corrected chi connectivity index (χ1v) is 8.30. The Morgan fingerprint density at radius 3 is 2.63 bits per heavy atom. The molecule has 1 heterocycles. The molecular formula is C15H26BrN3. The van der Waals surface area contributed by atoms with Gasteiger partial charge in [-0.15, -0.1) is 0 Å². The van der Waals surface area contributed by atoms with Gasteiger partial charge in [0.15, 0.2) is 0 Å². The summed E-state index contributed by atoms with van der Waals surface area (Å²) < 4.78 is 3.09. The summed E-state index contributed by atoms with van der Waals surface area (Å²) in [6, 6.07) is 0.257. The molecule has 1 fully saturated rings. The molecule has 0 aliphatic heterocycles. The van der Waals surface area contributed by atoms with E-state index in [-0.39, 0.29) is 6.04 Å². The lowest BCUT2D eigenvalue weighted by atomic mass is 9.85. The number of hydrogen-bond acceptors (Lipinski definition) is 2. The van der Waals surface area contributed by atoms with Crippen LogP contribution in [0.1, 0.15) is 56.3 Å². The summed E-state index contributed by atoms with van der Waals surface area (Å²) in [4.78, 5) is 0. The van der Waals surface area contributed by atoms with Gasteiger partial charge in [0.25, 0.3) is 0 Å². The van der Waals surface area contributed by atoms with Crippen molar-refractivity contribution >= 4 is 15.9 Å². The van der Waals surface area contributed by atoms with Crippen LogP contribution in [0.3, 0.4) is 0 Å². The Morgan fingerprint density at radius 1 is 1.37 bits per heavy atom. The lowest BCUT2D eigenvalue weighted by Gasteiger charge is -2.23. The molecule has 1 aromatic rings. The number of aromatic nitrogens is 2. The summed E-state index contributed by atoms with van der Waals surface area (Å²) >= 11 is 3.62. The lowest BCUT2D eigenvalue weighted by Crippen LogP contribution is -2.25. The number of hydrogen-bond donors (Lipinski definition) is 1. The predicted molar refractivity (Wildman–Crippen MR) is 83.1 cm³/mol. The molecule has 0 amide bonds. The zero-order valence-electron chi connectivity index (χ0n) is 12.2. The minimum absolute atomic E-state index is 0.257. The van der Waals surface area contributed by atoms with Crippen molar-refractivity contribution in [2.24, 2.45) is 18.7 Å². The third kappa shape index (κ3) is 4.06. The third-order valence-corrected chi connectivity index (χ3v) is 5.42. The average Bonchev–Trinajstić information content (AvgIpc) is 2.64. The Bertz CT molecular complexity index is 408. The highest BCUT2D eigenvalue weighted by molar-refractivity contribution is 9.10. The number of nitrogens with two attached hydrogens (primary N) is 1. The summed E-state index contributed by atoms with van der Waals surface area (Å²) in [5, 5.41) is 4.43. The molecule has 0 radical (unpaired) electrons. The van der Waals surface area contributed by atoms with Gasteiger partial charge in [0.05, 0.1) is 15.9 Å². The summed E-state index contributed by atoms with van der Waals surface area (Å²) in [7, 11) is 2.00. The Kier molecular flexibility index (Phi) is 5.46. The van der Waals surface area contributed by atoms with Crippen LogP contribution in [-0.4, -0.2) is 15.8 Å². The van der Waals surface area contributed by atoms with Crippen LogP contribution in [0.25, 0.3) is 0 Å². The highest BCUT2D eigenvalue weighted by Crippen LogP contribution is 2.28. The van der Waals surface area contributed by atoms with E-state index in [0.717, 1.165) is 28.9 Å². The lowest BCUT2D eigenvalue weighted by molar-refractivity contribution is 0.322. The Labute approximate surface area is 125 Å². The first kappa shape index (κ1) is 15.0. The van der Waals surface area contributed by atoms with Gasteiger partial charge in [0.1, 0.15) is 0 Å². The van der Waals surface area contributed by atoms with Crippen LogP contribution in [0.5, 0.6) is 0 Å². The minimum Gasteiger partial charge on any atom is -0.327 e. The van der Waals surface area contributed by atoms with E-state index in [1.54, 1.807) is 0 Å². The van der Waals surface area contributed by atoms with Crippen molar-refractivity contribution < 1.29 is 0 Å². The van der Waals surface area contributed by atoms with Gasteiger partial charge < -0.3 is 5.73 Å². The van der Waals surface area contributed by atoms with Crippen LogP contribution in [0.15, 0.2) is 4.47 Å². The van der Waals surface area contributed by atoms with Crippen LogP contribution < -0.4 is 5.73 Å². The molecule has 2 N–H and O–H groups in total. The predicted octanol–water partition coefficient (Wildman–Crippen LogP) is 3.72. The molecule has 1 atom stereocenters. The largest absolute Gasteiger partial charge is 0.327 e. The molecular weight excluding hydrogens is 302 g/mol. The first-order chi connectivity index (χ1) is 9.08. The highest BCUT2D eigenvalue weighted by Gasteiger charge is 2.17. The van der Waals surface area contributed by atoms with E-state index in [1.165, 1.54) is 44.2 Å².